The molecule has 1 fully saturated rings. The molecule has 4 rings (SSSR count). The van der Waals surface area contributed by atoms with Crippen molar-refractivity contribution in [3.8, 4) is 5.75 Å². The summed E-state index contributed by atoms with van der Waals surface area (Å²) in [6, 6.07) is 12.8. The second-order valence-corrected chi connectivity index (χ2v) is 10.9. The first-order chi connectivity index (χ1) is 14.8. The van der Waals surface area contributed by atoms with E-state index < -0.39 is 10.0 Å². The molecule has 3 aromatic rings. The minimum Gasteiger partial charge on any atom is -0.495 e. The number of ether oxygens (including phenoxy) is 1. The first kappa shape index (κ1) is 22.0. The van der Waals surface area contributed by atoms with Crippen molar-refractivity contribution >= 4 is 66.0 Å². The zero-order chi connectivity index (χ0) is 22.2. The van der Waals surface area contributed by atoms with E-state index in [4.69, 9.17) is 17.0 Å². The van der Waals surface area contributed by atoms with Crippen LogP contribution in [0.5, 0.6) is 5.75 Å². The largest absolute Gasteiger partial charge is 0.495 e. The van der Waals surface area contributed by atoms with Gasteiger partial charge in [-0.15, -0.1) is 11.3 Å². The van der Waals surface area contributed by atoms with E-state index in [1.807, 2.05) is 34.5 Å². The number of pyridine rings is 1. The Morgan fingerprint density at radius 2 is 2.10 bits per heavy atom. The molecule has 1 aromatic carbocycles. The van der Waals surface area contributed by atoms with E-state index in [1.54, 1.807) is 29.7 Å². The Morgan fingerprint density at radius 3 is 2.71 bits per heavy atom. The normalized spacial score (nSPS) is 18.7. The van der Waals surface area contributed by atoms with Gasteiger partial charge in [-0.25, -0.2) is 8.42 Å². The van der Waals surface area contributed by atoms with Gasteiger partial charge in [-0.3, -0.25) is 9.71 Å². The van der Waals surface area contributed by atoms with Gasteiger partial charge in [0.1, 0.15) is 5.75 Å². The van der Waals surface area contributed by atoms with Gasteiger partial charge >= 0.3 is 0 Å². The number of nitrogens with zero attached hydrogens (tertiary/aromatic N) is 2. The molecular formula is C20H19BrN4O3S3. The van der Waals surface area contributed by atoms with Gasteiger partial charge in [0.25, 0.3) is 0 Å². The zero-order valence-corrected chi connectivity index (χ0v) is 20.6. The van der Waals surface area contributed by atoms with Crippen molar-refractivity contribution < 1.29 is 13.2 Å². The summed E-state index contributed by atoms with van der Waals surface area (Å²) in [5.74, 6) is 0.420. The molecule has 2 atom stereocenters. The smallest absolute Gasteiger partial charge is 0.229 e. The number of nitrogens with one attached hydrogen (secondary N) is 2. The molecule has 1 aliphatic heterocycles. The topological polar surface area (TPSA) is 83.6 Å². The minimum atomic E-state index is -3.49. The van der Waals surface area contributed by atoms with Crippen LogP contribution >= 0.6 is 39.5 Å². The van der Waals surface area contributed by atoms with Gasteiger partial charge < -0.3 is 15.0 Å². The van der Waals surface area contributed by atoms with Gasteiger partial charge in [-0.2, -0.15) is 0 Å². The number of hydrogen-bond donors (Lipinski definition) is 2. The number of hydrogen-bond acceptors (Lipinski definition) is 6. The summed E-state index contributed by atoms with van der Waals surface area (Å²) in [5, 5.41) is 5.94. The molecule has 2 aromatic heterocycles. The highest BCUT2D eigenvalue weighted by Gasteiger charge is 2.41. The molecule has 0 radical (unpaired) electrons. The number of sulfonamides is 1. The number of halogens is 1. The van der Waals surface area contributed by atoms with Gasteiger partial charge in [0.15, 0.2) is 5.11 Å². The van der Waals surface area contributed by atoms with Gasteiger partial charge in [0, 0.05) is 26.6 Å². The van der Waals surface area contributed by atoms with Crippen molar-refractivity contribution in [3.63, 3.8) is 0 Å². The molecule has 31 heavy (non-hydrogen) atoms. The van der Waals surface area contributed by atoms with Crippen LogP contribution in [0.3, 0.4) is 0 Å². The Kier molecular flexibility index (Phi) is 6.20. The van der Waals surface area contributed by atoms with Crippen LogP contribution in [-0.4, -0.2) is 31.9 Å². The molecular weight excluding hydrogens is 520 g/mol. The molecule has 2 N–H and O–H groups in total. The predicted molar refractivity (Wildman–Crippen MR) is 131 cm³/mol. The van der Waals surface area contributed by atoms with Crippen molar-refractivity contribution in [1.29, 1.82) is 0 Å². The molecule has 0 saturated carbocycles. The van der Waals surface area contributed by atoms with E-state index in [1.165, 1.54) is 7.11 Å². The number of thiophene rings is 1. The fourth-order valence-electron chi connectivity index (χ4n) is 3.53. The van der Waals surface area contributed by atoms with Crippen LogP contribution in [0.4, 0.5) is 11.4 Å². The van der Waals surface area contributed by atoms with Crippen LogP contribution in [-0.2, 0) is 10.0 Å². The van der Waals surface area contributed by atoms with E-state index in [2.05, 4.69) is 37.0 Å². The highest BCUT2D eigenvalue weighted by atomic mass is 79.9. The third-order valence-electron chi connectivity index (χ3n) is 4.73. The fourth-order valence-corrected chi connectivity index (χ4v) is 6.01. The van der Waals surface area contributed by atoms with E-state index in [0.29, 0.717) is 16.5 Å². The molecule has 1 saturated heterocycles. The van der Waals surface area contributed by atoms with E-state index in [9.17, 15) is 8.42 Å². The Balaban J connectivity index is 1.82. The first-order valence-electron chi connectivity index (χ1n) is 9.17. The molecule has 0 amide bonds. The third kappa shape index (κ3) is 4.69. The Bertz CT molecular complexity index is 1220. The van der Waals surface area contributed by atoms with Gasteiger partial charge in [-0.1, -0.05) is 6.07 Å². The number of thiocarbonyl (C=S) groups is 1. The summed E-state index contributed by atoms with van der Waals surface area (Å²) in [7, 11) is -2.00. The summed E-state index contributed by atoms with van der Waals surface area (Å²) in [6.07, 6.45) is 2.86. The SMILES string of the molecule is COc1ccc(N2C(=S)N[C@H](c3ccccn3)[C@H]2c2cc(Br)cs2)cc1NS(C)(=O)=O. The van der Waals surface area contributed by atoms with Crippen molar-refractivity contribution in [1.82, 2.24) is 10.3 Å². The van der Waals surface area contributed by atoms with Crippen molar-refractivity contribution in [2.45, 2.75) is 12.1 Å². The highest BCUT2D eigenvalue weighted by molar-refractivity contribution is 9.10. The quantitative estimate of drug-likeness (QED) is 0.448. The zero-order valence-electron chi connectivity index (χ0n) is 16.6. The molecule has 1 aliphatic rings. The molecule has 0 spiro atoms. The van der Waals surface area contributed by atoms with Crippen LogP contribution < -0.4 is 19.7 Å². The van der Waals surface area contributed by atoms with Crippen molar-refractivity contribution in [2.75, 3.05) is 23.0 Å². The summed E-state index contributed by atoms with van der Waals surface area (Å²) in [5.41, 5.74) is 1.94. The third-order valence-corrected chi connectivity index (χ3v) is 7.40. The maximum Gasteiger partial charge on any atom is 0.229 e. The van der Waals surface area contributed by atoms with Crippen molar-refractivity contribution in [2.24, 2.45) is 0 Å². The van der Waals surface area contributed by atoms with Crippen LogP contribution in [0.15, 0.2) is 58.5 Å². The number of rotatable bonds is 6. The average Bonchev–Trinajstić information content (AvgIpc) is 3.30. The van der Waals surface area contributed by atoms with Crippen LogP contribution in [0, 0.1) is 0 Å². The number of benzene rings is 1. The molecule has 162 valence electrons. The molecule has 7 nitrogen and oxygen atoms in total. The lowest BCUT2D eigenvalue weighted by molar-refractivity contribution is 0.417. The van der Waals surface area contributed by atoms with E-state index in [0.717, 1.165) is 27.0 Å². The lowest BCUT2D eigenvalue weighted by atomic mass is 10.0. The van der Waals surface area contributed by atoms with Crippen LogP contribution in [0.2, 0.25) is 0 Å². The fraction of sp³-hybridized carbons (Fsp3) is 0.200. The summed E-state index contributed by atoms with van der Waals surface area (Å²) in [6.45, 7) is 0. The number of anilines is 2. The monoisotopic (exact) mass is 538 g/mol. The Hall–Kier alpha value is -2.21. The molecule has 0 bridgehead atoms. The second-order valence-electron chi connectivity index (χ2n) is 6.92. The molecule has 0 unspecified atom stereocenters. The second kappa shape index (κ2) is 8.73. The van der Waals surface area contributed by atoms with Gasteiger partial charge in [0.2, 0.25) is 10.0 Å². The predicted octanol–water partition coefficient (Wildman–Crippen LogP) is 4.46. The maximum absolute atomic E-state index is 11.9. The molecule has 3 heterocycles. The standard InChI is InChI=1S/C20H19BrN4O3S3/c1-28-16-7-6-13(10-15(16)24-31(2,26)27)25-19(17-9-12(21)11-30-17)18(23-20(25)29)14-5-3-4-8-22-14/h3-11,18-19,24H,1-2H3,(H,23,29)/t18-,19-/m1/s1. The van der Waals surface area contributed by atoms with E-state index >= 15 is 0 Å². The average molecular weight is 540 g/mol. The Morgan fingerprint density at radius 1 is 1.29 bits per heavy atom. The summed E-state index contributed by atoms with van der Waals surface area (Å²) < 4.78 is 32.6. The Labute approximate surface area is 198 Å². The van der Waals surface area contributed by atoms with E-state index in [-0.39, 0.29) is 12.1 Å². The van der Waals surface area contributed by atoms with Gasteiger partial charge in [-0.05, 0) is 64.5 Å². The highest BCUT2D eigenvalue weighted by Crippen LogP contribution is 2.45. The summed E-state index contributed by atoms with van der Waals surface area (Å²) >= 11 is 10.9. The minimum absolute atomic E-state index is 0.168. The van der Waals surface area contributed by atoms with Crippen molar-refractivity contribution in [3.05, 3.63) is 69.1 Å². The maximum atomic E-state index is 11.9. The molecule has 11 heteroatoms. The molecule has 0 aliphatic carbocycles. The lowest BCUT2D eigenvalue weighted by Crippen LogP contribution is -2.29. The van der Waals surface area contributed by atoms with Gasteiger partial charge in [0.05, 0.1) is 36.8 Å². The number of aromatic nitrogens is 1. The summed E-state index contributed by atoms with van der Waals surface area (Å²) in [4.78, 5) is 7.60. The lowest BCUT2D eigenvalue weighted by Gasteiger charge is -2.27. The van der Waals surface area contributed by atoms with Crippen LogP contribution in [0.25, 0.3) is 0 Å². The first-order valence-corrected chi connectivity index (χ1v) is 13.1. The number of methoxy groups -OCH3 is 1. The van der Waals surface area contributed by atoms with Crippen LogP contribution in [0.1, 0.15) is 22.7 Å².